The van der Waals surface area contributed by atoms with E-state index in [1.165, 1.54) is 33.1 Å². The maximum atomic E-state index is 11.9. The molecule has 11 heteroatoms. The van der Waals surface area contributed by atoms with Gasteiger partial charge in [-0.15, -0.1) is 11.8 Å². The van der Waals surface area contributed by atoms with Gasteiger partial charge >= 0.3 is 6.09 Å². The van der Waals surface area contributed by atoms with Crippen molar-refractivity contribution in [2.75, 3.05) is 27.6 Å². The van der Waals surface area contributed by atoms with E-state index in [1.807, 2.05) is 12.1 Å². The Bertz CT molecular complexity index is 1140. The van der Waals surface area contributed by atoms with Gasteiger partial charge in [-0.3, -0.25) is 0 Å². The van der Waals surface area contributed by atoms with E-state index in [9.17, 15) is 4.79 Å². The van der Waals surface area contributed by atoms with Crippen LogP contribution in [0.1, 0.15) is 11.5 Å². The van der Waals surface area contributed by atoms with Crippen molar-refractivity contribution in [2.24, 2.45) is 9.98 Å². The Kier molecular flexibility index (Phi) is 7.55. The van der Waals surface area contributed by atoms with Gasteiger partial charge in [0.15, 0.2) is 0 Å². The first-order valence-electron chi connectivity index (χ1n) is 9.28. The van der Waals surface area contributed by atoms with Crippen molar-refractivity contribution in [3.05, 3.63) is 47.9 Å². The highest BCUT2D eigenvalue weighted by Crippen LogP contribution is 2.25. The number of hydrogen-bond donors (Lipinski definition) is 0. The molecule has 0 saturated carbocycles. The summed E-state index contributed by atoms with van der Waals surface area (Å²) in [5.41, 5.74) is 2.42. The highest BCUT2D eigenvalue weighted by atomic mass is 32.2. The second kappa shape index (κ2) is 10.5. The van der Waals surface area contributed by atoms with Gasteiger partial charge in [-0.25, -0.2) is 9.79 Å². The van der Waals surface area contributed by atoms with Crippen molar-refractivity contribution in [3.63, 3.8) is 0 Å². The number of hydrogen-bond acceptors (Lipinski definition) is 10. The summed E-state index contributed by atoms with van der Waals surface area (Å²) in [5.74, 6) is 1.62. The van der Waals surface area contributed by atoms with E-state index < -0.39 is 6.09 Å². The number of amides is 1. The van der Waals surface area contributed by atoms with Gasteiger partial charge in [0.1, 0.15) is 10.8 Å². The van der Waals surface area contributed by atoms with Crippen molar-refractivity contribution in [1.82, 2.24) is 15.1 Å². The molecule has 0 atom stereocenters. The van der Waals surface area contributed by atoms with E-state index in [2.05, 4.69) is 20.1 Å². The number of carbonyl (C=O) groups excluding carboxylic acids is 1. The minimum absolute atomic E-state index is 0.327. The number of pyridine rings is 1. The lowest BCUT2D eigenvalue weighted by atomic mass is 10.1. The van der Waals surface area contributed by atoms with Crippen LogP contribution in [0.25, 0.3) is 11.4 Å². The second-order valence-corrected chi connectivity index (χ2v) is 6.97. The first-order chi connectivity index (χ1) is 15.5. The summed E-state index contributed by atoms with van der Waals surface area (Å²) in [6.07, 6.45) is 1.05. The number of methoxy groups -OCH3 is 3. The molecule has 2 heterocycles. The molecule has 0 aliphatic heterocycles. The Labute approximate surface area is 188 Å². The average Bonchev–Trinajstić information content (AvgIpc) is 3.27. The number of nitrogens with zero attached hydrogens (tertiary/aromatic N) is 5. The summed E-state index contributed by atoms with van der Waals surface area (Å²) in [4.78, 5) is 29.0. The predicted molar refractivity (Wildman–Crippen MR) is 121 cm³/mol. The maximum absolute atomic E-state index is 11.9. The normalized spacial score (nSPS) is 11.9. The molecular weight excluding hydrogens is 434 g/mol. The molecule has 0 spiro atoms. The zero-order valence-corrected chi connectivity index (χ0v) is 19.0. The number of aromatic nitrogens is 3. The molecule has 0 aliphatic rings. The topological polar surface area (TPSA) is 121 Å². The van der Waals surface area contributed by atoms with Crippen LogP contribution >= 0.6 is 11.8 Å². The van der Waals surface area contributed by atoms with Gasteiger partial charge in [0, 0.05) is 30.2 Å². The maximum Gasteiger partial charge on any atom is 0.434 e. The Morgan fingerprint density at radius 1 is 1.03 bits per heavy atom. The summed E-state index contributed by atoms with van der Waals surface area (Å²) >= 11 is 1.25. The molecular formula is C21H21N5O5S. The molecule has 32 heavy (non-hydrogen) atoms. The second-order valence-electron chi connectivity index (χ2n) is 6.18. The molecule has 3 rings (SSSR count). The molecule has 1 amide bonds. The van der Waals surface area contributed by atoms with Gasteiger partial charge in [0.05, 0.1) is 27.0 Å². The Morgan fingerprint density at radius 2 is 1.69 bits per heavy atom. The zero-order valence-electron chi connectivity index (χ0n) is 18.1. The molecule has 10 nitrogen and oxygen atoms in total. The number of aliphatic imine (C=N–C) groups is 2. The summed E-state index contributed by atoms with van der Waals surface area (Å²) < 4.78 is 20.3. The number of thioether (sulfide) groups is 1. The van der Waals surface area contributed by atoms with Gasteiger partial charge in [-0.1, -0.05) is 5.16 Å². The van der Waals surface area contributed by atoms with E-state index in [1.54, 1.807) is 37.4 Å². The van der Waals surface area contributed by atoms with Crippen LogP contribution in [0.5, 0.6) is 11.8 Å². The number of benzene rings is 1. The van der Waals surface area contributed by atoms with Crippen molar-refractivity contribution < 1.29 is 23.5 Å². The van der Waals surface area contributed by atoms with Gasteiger partial charge in [-0.05, 0) is 30.5 Å². The van der Waals surface area contributed by atoms with Crippen molar-refractivity contribution in [2.45, 2.75) is 6.92 Å². The quantitative estimate of drug-likeness (QED) is 0.399. The molecule has 0 N–H and O–H groups in total. The largest absolute Gasteiger partial charge is 0.481 e. The number of aryl methyl sites for hydroxylation is 1. The number of carbonyl (C=O) groups is 1. The third-order valence-electron chi connectivity index (χ3n) is 4.13. The fourth-order valence-electron chi connectivity index (χ4n) is 2.62. The third kappa shape index (κ3) is 5.49. The summed E-state index contributed by atoms with van der Waals surface area (Å²) in [6.45, 7) is 1.73. The van der Waals surface area contributed by atoms with Crippen LogP contribution in [0.15, 0.2) is 50.9 Å². The molecule has 0 bridgehead atoms. The van der Waals surface area contributed by atoms with Crippen LogP contribution in [-0.4, -0.2) is 59.6 Å². The van der Waals surface area contributed by atoms with Crippen molar-refractivity contribution in [1.29, 1.82) is 0 Å². The third-order valence-corrected chi connectivity index (χ3v) is 4.80. The van der Waals surface area contributed by atoms with Gasteiger partial charge in [0.2, 0.25) is 23.5 Å². The van der Waals surface area contributed by atoms with Crippen LogP contribution in [0, 0.1) is 6.92 Å². The van der Waals surface area contributed by atoms with Crippen LogP contribution in [0.4, 0.5) is 10.5 Å². The Balaban J connectivity index is 2.11. The molecule has 0 aliphatic carbocycles. The molecule has 0 unspecified atom stereocenters. The standard InChI is InChI=1S/C21H21N5O5S/c1-12-22-19(26-31-12)13-6-8-15(9-7-13)23-18(20(32-5)25-21(27)30-4)14-10-16(28-2)24-17(11-14)29-3/h6-11H,1-5H3. The molecule has 1 aromatic carbocycles. The summed E-state index contributed by atoms with van der Waals surface area (Å²) in [7, 11) is 4.26. The highest BCUT2D eigenvalue weighted by molar-refractivity contribution is 8.15. The molecule has 0 fully saturated rings. The minimum Gasteiger partial charge on any atom is -0.481 e. The highest BCUT2D eigenvalue weighted by Gasteiger charge is 2.17. The summed E-state index contributed by atoms with van der Waals surface area (Å²) in [6, 6.07) is 10.6. The smallest absolute Gasteiger partial charge is 0.434 e. The van der Waals surface area contributed by atoms with Gasteiger partial charge in [-0.2, -0.15) is 15.0 Å². The average molecular weight is 455 g/mol. The van der Waals surface area contributed by atoms with E-state index in [-0.39, 0.29) is 0 Å². The number of rotatable bonds is 6. The zero-order chi connectivity index (χ0) is 23.1. The van der Waals surface area contributed by atoms with Crippen molar-refractivity contribution >= 4 is 34.3 Å². The lowest BCUT2D eigenvalue weighted by molar-refractivity contribution is 0.183. The molecule has 3 aromatic rings. The first-order valence-corrected chi connectivity index (χ1v) is 10.5. The van der Waals surface area contributed by atoms with Crippen LogP contribution in [0.3, 0.4) is 0 Å². The van der Waals surface area contributed by atoms with Crippen LogP contribution in [0.2, 0.25) is 0 Å². The van der Waals surface area contributed by atoms with E-state index in [0.717, 1.165) is 5.56 Å². The molecule has 2 aromatic heterocycles. The van der Waals surface area contributed by atoms with Crippen molar-refractivity contribution in [3.8, 4) is 23.1 Å². The Morgan fingerprint density at radius 3 is 2.19 bits per heavy atom. The molecule has 0 radical (unpaired) electrons. The van der Waals surface area contributed by atoms with E-state index >= 15 is 0 Å². The summed E-state index contributed by atoms with van der Waals surface area (Å²) in [5, 5.41) is 4.27. The lowest BCUT2D eigenvalue weighted by Gasteiger charge is -2.11. The van der Waals surface area contributed by atoms with E-state index in [4.69, 9.17) is 23.7 Å². The first kappa shape index (κ1) is 22.9. The van der Waals surface area contributed by atoms with E-state index in [0.29, 0.717) is 45.5 Å². The van der Waals surface area contributed by atoms with Gasteiger partial charge < -0.3 is 18.7 Å². The van der Waals surface area contributed by atoms with Crippen LogP contribution < -0.4 is 9.47 Å². The SMILES string of the molecule is COC(=O)N=C(SC)C(=Nc1ccc(-c2noc(C)n2)cc1)c1cc(OC)nc(OC)c1. The number of ether oxygens (including phenoxy) is 3. The van der Waals surface area contributed by atoms with Crippen LogP contribution in [-0.2, 0) is 4.74 Å². The fraction of sp³-hybridized carbons (Fsp3) is 0.238. The lowest BCUT2D eigenvalue weighted by Crippen LogP contribution is -2.15. The molecule has 0 saturated heterocycles. The monoisotopic (exact) mass is 455 g/mol. The Hall–Kier alpha value is -3.73. The molecule has 166 valence electrons. The van der Waals surface area contributed by atoms with Gasteiger partial charge in [0.25, 0.3) is 0 Å². The predicted octanol–water partition coefficient (Wildman–Crippen LogP) is 4.11. The fourth-order valence-corrected chi connectivity index (χ4v) is 3.14. The minimum atomic E-state index is -0.738.